The summed E-state index contributed by atoms with van der Waals surface area (Å²) in [5, 5.41) is 3.21. The van der Waals surface area contributed by atoms with Crippen molar-refractivity contribution in [3.8, 4) is 0 Å². The molecular formula is C8H17N5S. The van der Waals surface area contributed by atoms with Crippen LogP contribution in [0.3, 0.4) is 0 Å². The van der Waals surface area contributed by atoms with E-state index in [0.29, 0.717) is 0 Å². The molecule has 0 radical (unpaired) electrons. The Bertz CT molecular complexity index is 238. The third kappa shape index (κ3) is 3.12. The average molecular weight is 215 g/mol. The van der Waals surface area contributed by atoms with Gasteiger partial charge in [0, 0.05) is 25.4 Å². The topological polar surface area (TPSA) is 51.7 Å². The first-order valence-electron chi connectivity index (χ1n) is 4.67. The van der Waals surface area contributed by atoms with E-state index in [0.717, 1.165) is 24.7 Å². The maximum atomic E-state index is 4.31. The standard InChI is InChI=1S/C8H17N5S/c1-4-9-7-6-8(10-5-2)12-13(11-7)14-3/h6,9,11H,4-5H2,1-3H3,(H,10,12). The van der Waals surface area contributed by atoms with Crippen molar-refractivity contribution in [1.29, 1.82) is 0 Å². The number of hydrazine groups is 2. The van der Waals surface area contributed by atoms with Crippen LogP contribution in [-0.2, 0) is 0 Å². The van der Waals surface area contributed by atoms with Crippen LogP contribution in [0.15, 0.2) is 16.9 Å². The molecule has 80 valence electrons. The number of nitrogens with one attached hydrogen (secondary N) is 3. The maximum absolute atomic E-state index is 4.31. The Morgan fingerprint density at radius 2 is 2.29 bits per heavy atom. The Labute approximate surface area is 89.1 Å². The zero-order valence-electron chi connectivity index (χ0n) is 8.79. The van der Waals surface area contributed by atoms with Crippen molar-refractivity contribution in [3.63, 3.8) is 0 Å². The second-order valence-corrected chi connectivity index (χ2v) is 3.38. The van der Waals surface area contributed by atoms with Crippen LogP contribution in [0.1, 0.15) is 13.8 Å². The highest BCUT2D eigenvalue weighted by Crippen LogP contribution is 2.03. The molecule has 0 saturated heterocycles. The summed E-state index contributed by atoms with van der Waals surface area (Å²) < 4.78 is 1.81. The lowest BCUT2D eigenvalue weighted by molar-refractivity contribution is 0.331. The van der Waals surface area contributed by atoms with E-state index in [4.69, 9.17) is 0 Å². The predicted molar refractivity (Wildman–Crippen MR) is 61.4 cm³/mol. The van der Waals surface area contributed by atoms with Crippen molar-refractivity contribution in [3.05, 3.63) is 11.9 Å². The molecule has 0 aromatic heterocycles. The van der Waals surface area contributed by atoms with Gasteiger partial charge in [0.1, 0.15) is 11.7 Å². The third-order valence-corrected chi connectivity index (χ3v) is 2.15. The zero-order valence-corrected chi connectivity index (χ0v) is 9.61. The van der Waals surface area contributed by atoms with Crippen molar-refractivity contribution < 1.29 is 0 Å². The van der Waals surface area contributed by atoms with Gasteiger partial charge in [0.2, 0.25) is 0 Å². The lowest BCUT2D eigenvalue weighted by atomic mass is 10.4. The van der Waals surface area contributed by atoms with Crippen molar-refractivity contribution in [2.45, 2.75) is 13.8 Å². The fourth-order valence-electron chi connectivity index (χ4n) is 1.07. The molecule has 0 amide bonds. The molecule has 1 aliphatic rings. The van der Waals surface area contributed by atoms with Crippen molar-refractivity contribution in [2.24, 2.45) is 4.99 Å². The molecule has 0 unspecified atom stereocenters. The SMILES string of the molecule is CCN=C1C=C(NCC)NN(SC)N1. The highest BCUT2D eigenvalue weighted by atomic mass is 32.2. The molecule has 0 atom stereocenters. The van der Waals surface area contributed by atoms with E-state index in [1.165, 1.54) is 0 Å². The summed E-state index contributed by atoms with van der Waals surface area (Å²) in [5.41, 5.74) is 6.26. The van der Waals surface area contributed by atoms with Crippen LogP contribution in [0.5, 0.6) is 0 Å². The van der Waals surface area contributed by atoms with Gasteiger partial charge >= 0.3 is 0 Å². The summed E-state index contributed by atoms with van der Waals surface area (Å²) in [6.07, 6.45) is 3.94. The third-order valence-electron chi connectivity index (χ3n) is 1.60. The van der Waals surface area contributed by atoms with E-state index >= 15 is 0 Å². The van der Waals surface area contributed by atoms with Gasteiger partial charge in [-0.2, -0.15) is 0 Å². The van der Waals surface area contributed by atoms with Gasteiger partial charge in [-0.05, 0) is 25.8 Å². The number of hydrogen-bond acceptors (Lipinski definition) is 5. The number of hydrogen-bond donors (Lipinski definition) is 3. The van der Waals surface area contributed by atoms with Gasteiger partial charge in [-0.15, -0.1) is 0 Å². The summed E-state index contributed by atoms with van der Waals surface area (Å²) in [6, 6.07) is 0. The van der Waals surface area contributed by atoms with Gasteiger partial charge in [-0.25, -0.2) is 0 Å². The molecule has 0 aliphatic carbocycles. The summed E-state index contributed by atoms with van der Waals surface area (Å²) in [5.74, 6) is 1.84. The van der Waals surface area contributed by atoms with Crippen LogP contribution in [0.25, 0.3) is 0 Å². The number of aliphatic imine (C=N–C) groups is 1. The molecule has 0 spiro atoms. The first kappa shape index (κ1) is 11.2. The predicted octanol–water partition coefficient (Wildman–Crippen LogP) is 0.459. The summed E-state index contributed by atoms with van der Waals surface area (Å²) in [6.45, 7) is 5.74. The Morgan fingerprint density at radius 3 is 2.86 bits per heavy atom. The molecule has 0 bridgehead atoms. The molecule has 1 rings (SSSR count). The Kier molecular flexibility index (Phi) is 4.61. The van der Waals surface area contributed by atoms with E-state index < -0.39 is 0 Å². The maximum Gasteiger partial charge on any atom is 0.141 e. The van der Waals surface area contributed by atoms with E-state index in [2.05, 4.69) is 28.1 Å². The van der Waals surface area contributed by atoms with E-state index in [9.17, 15) is 0 Å². The Balaban J connectivity index is 2.68. The van der Waals surface area contributed by atoms with Crippen molar-refractivity contribution in [1.82, 2.24) is 20.7 Å². The first-order chi connectivity index (χ1) is 6.80. The molecule has 5 nitrogen and oxygen atoms in total. The molecule has 3 N–H and O–H groups in total. The van der Waals surface area contributed by atoms with E-state index in [-0.39, 0.29) is 0 Å². The van der Waals surface area contributed by atoms with Gasteiger partial charge in [-0.3, -0.25) is 15.8 Å². The Hall–Kier alpha value is -0.880. The minimum absolute atomic E-state index is 0.778. The minimum atomic E-state index is 0.778. The zero-order chi connectivity index (χ0) is 10.4. The lowest BCUT2D eigenvalue weighted by Gasteiger charge is -2.28. The molecular weight excluding hydrogens is 198 g/mol. The van der Waals surface area contributed by atoms with Gasteiger partial charge in [0.05, 0.1) is 0 Å². The second-order valence-electron chi connectivity index (χ2n) is 2.65. The van der Waals surface area contributed by atoms with Crippen LogP contribution in [0, 0.1) is 0 Å². The number of amidine groups is 1. The summed E-state index contributed by atoms with van der Waals surface area (Å²) in [4.78, 5) is 4.31. The average Bonchev–Trinajstić information content (AvgIpc) is 2.18. The van der Waals surface area contributed by atoms with E-state index in [1.54, 1.807) is 11.9 Å². The smallest absolute Gasteiger partial charge is 0.141 e. The van der Waals surface area contributed by atoms with Crippen LogP contribution in [-0.4, -0.2) is 29.7 Å². The molecule has 0 fully saturated rings. The van der Waals surface area contributed by atoms with Crippen LogP contribution >= 0.6 is 11.9 Å². The monoisotopic (exact) mass is 215 g/mol. The molecule has 0 aromatic carbocycles. The normalized spacial score (nSPS) is 19.9. The minimum Gasteiger partial charge on any atom is -0.371 e. The van der Waals surface area contributed by atoms with Crippen LogP contribution < -0.4 is 16.2 Å². The molecule has 0 saturated carbocycles. The molecule has 1 aliphatic heterocycles. The quantitative estimate of drug-likeness (QED) is 0.595. The van der Waals surface area contributed by atoms with Gasteiger partial charge in [0.15, 0.2) is 0 Å². The molecule has 1 heterocycles. The lowest BCUT2D eigenvalue weighted by Crippen LogP contribution is -2.51. The molecule has 14 heavy (non-hydrogen) atoms. The fourth-order valence-corrected chi connectivity index (χ4v) is 1.44. The van der Waals surface area contributed by atoms with Gasteiger partial charge < -0.3 is 5.32 Å². The molecule has 6 heteroatoms. The first-order valence-corrected chi connectivity index (χ1v) is 5.85. The van der Waals surface area contributed by atoms with Crippen LogP contribution in [0.4, 0.5) is 0 Å². The summed E-state index contributed by atoms with van der Waals surface area (Å²) in [7, 11) is 0. The van der Waals surface area contributed by atoms with Crippen LogP contribution in [0.2, 0.25) is 0 Å². The Morgan fingerprint density at radius 1 is 1.50 bits per heavy atom. The largest absolute Gasteiger partial charge is 0.371 e. The fraction of sp³-hybridized carbons (Fsp3) is 0.625. The highest BCUT2D eigenvalue weighted by Gasteiger charge is 2.12. The van der Waals surface area contributed by atoms with Gasteiger partial charge in [-0.1, -0.05) is 4.52 Å². The van der Waals surface area contributed by atoms with Crippen molar-refractivity contribution >= 4 is 17.8 Å². The highest BCUT2D eigenvalue weighted by molar-refractivity contribution is 7.96. The number of nitrogens with zero attached hydrogens (tertiary/aromatic N) is 2. The van der Waals surface area contributed by atoms with Crippen molar-refractivity contribution in [2.75, 3.05) is 19.3 Å². The van der Waals surface area contributed by atoms with E-state index in [1.807, 2.05) is 23.8 Å². The second kappa shape index (κ2) is 5.77. The van der Waals surface area contributed by atoms with Gasteiger partial charge in [0.25, 0.3) is 0 Å². The summed E-state index contributed by atoms with van der Waals surface area (Å²) >= 11 is 1.55. The molecule has 0 aromatic rings. The number of rotatable bonds is 4.